The standard InChI is InChI=1S/C13H16N4O3S2/c1-4-17-11(19)9-8(5-6-21-9)15-13(17)22-7(2)10(18)16-12(20)14-3/h5-7H,4H2,1-3H3,(H2,14,16,18,20)/t7-/m1/s1. The third-order valence-electron chi connectivity index (χ3n) is 2.96. The molecule has 7 nitrogen and oxygen atoms in total. The summed E-state index contributed by atoms with van der Waals surface area (Å²) in [5.41, 5.74) is 0.519. The summed E-state index contributed by atoms with van der Waals surface area (Å²) >= 11 is 2.50. The maximum absolute atomic E-state index is 12.4. The van der Waals surface area contributed by atoms with Gasteiger partial charge in [0.2, 0.25) is 5.91 Å². The molecule has 2 aromatic rings. The molecule has 0 spiro atoms. The van der Waals surface area contributed by atoms with E-state index in [0.717, 1.165) is 11.8 Å². The Balaban J connectivity index is 2.28. The van der Waals surface area contributed by atoms with Crippen LogP contribution in [-0.2, 0) is 11.3 Å². The van der Waals surface area contributed by atoms with E-state index in [1.165, 1.54) is 23.0 Å². The molecule has 0 radical (unpaired) electrons. The van der Waals surface area contributed by atoms with Gasteiger partial charge in [0, 0.05) is 13.6 Å². The summed E-state index contributed by atoms with van der Waals surface area (Å²) in [5, 5.41) is 6.26. The first-order valence-electron chi connectivity index (χ1n) is 6.65. The molecule has 118 valence electrons. The molecule has 1 atom stereocenters. The highest BCUT2D eigenvalue weighted by molar-refractivity contribution is 8.00. The van der Waals surface area contributed by atoms with Crippen LogP contribution < -0.4 is 16.2 Å². The largest absolute Gasteiger partial charge is 0.341 e. The van der Waals surface area contributed by atoms with Crippen molar-refractivity contribution in [2.75, 3.05) is 7.05 Å². The molecule has 22 heavy (non-hydrogen) atoms. The number of hydrogen-bond donors (Lipinski definition) is 2. The maximum Gasteiger partial charge on any atom is 0.321 e. The lowest BCUT2D eigenvalue weighted by Crippen LogP contribution is -2.41. The Morgan fingerprint density at radius 1 is 1.50 bits per heavy atom. The second kappa shape index (κ2) is 6.93. The molecule has 0 unspecified atom stereocenters. The molecule has 0 saturated carbocycles. The molecule has 0 fully saturated rings. The summed E-state index contributed by atoms with van der Waals surface area (Å²) in [6.45, 7) is 3.97. The molecule has 2 N–H and O–H groups in total. The number of thiophene rings is 1. The molecular formula is C13H16N4O3S2. The number of imide groups is 1. The predicted molar refractivity (Wildman–Crippen MR) is 87.5 cm³/mol. The number of carbonyl (C=O) groups is 2. The molecule has 3 amide bonds. The third-order valence-corrected chi connectivity index (χ3v) is 4.94. The summed E-state index contributed by atoms with van der Waals surface area (Å²) in [7, 11) is 1.43. The first-order chi connectivity index (χ1) is 10.5. The highest BCUT2D eigenvalue weighted by Crippen LogP contribution is 2.24. The van der Waals surface area contributed by atoms with E-state index in [-0.39, 0.29) is 5.56 Å². The average molecular weight is 340 g/mol. The molecular weight excluding hydrogens is 324 g/mol. The van der Waals surface area contributed by atoms with E-state index in [1.807, 2.05) is 12.3 Å². The Morgan fingerprint density at radius 3 is 2.86 bits per heavy atom. The van der Waals surface area contributed by atoms with Crippen molar-refractivity contribution in [3.8, 4) is 0 Å². The lowest BCUT2D eigenvalue weighted by molar-refractivity contribution is -0.119. The molecule has 2 aromatic heterocycles. The van der Waals surface area contributed by atoms with Crippen molar-refractivity contribution in [2.45, 2.75) is 30.8 Å². The third kappa shape index (κ3) is 3.30. The first-order valence-corrected chi connectivity index (χ1v) is 8.41. The number of carbonyl (C=O) groups excluding carboxylic acids is 2. The monoisotopic (exact) mass is 340 g/mol. The van der Waals surface area contributed by atoms with Crippen molar-refractivity contribution in [2.24, 2.45) is 0 Å². The molecule has 9 heteroatoms. The van der Waals surface area contributed by atoms with Gasteiger partial charge in [-0.25, -0.2) is 9.78 Å². The minimum absolute atomic E-state index is 0.107. The van der Waals surface area contributed by atoms with Gasteiger partial charge in [-0.05, 0) is 25.3 Å². The zero-order valence-electron chi connectivity index (χ0n) is 12.4. The molecule has 0 aliphatic rings. The fourth-order valence-electron chi connectivity index (χ4n) is 1.78. The molecule has 0 aliphatic heterocycles. The van der Waals surface area contributed by atoms with Crippen LogP contribution in [0.4, 0.5) is 4.79 Å². The van der Waals surface area contributed by atoms with Gasteiger partial charge in [0.1, 0.15) is 4.70 Å². The van der Waals surface area contributed by atoms with Crippen LogP contribution >= 0.6 is 23.1 Å². The Hall–Kier alpha value is -1.87. The van der Waals surface area contributed by atoms with Crippen LogP contribution in [0.5, 0.6) is 0 Å². The summed E-state index contributed by atoms with van der Waals surface area (Å²) < 4.78 is 2.14. The highest BCUT2D eigenvalue weighted by atomic mass is 32.2. The summed E-state index contributed by atoms with van der Waals surface area (Å²) in [5.74, 6) is -0.438. The quantitative estimate of drug-likeness (QED) is 0.648. The van der Waals surface area contributed by atoms with Gasteiger partial charge in [-0.15, -0.1) is 11.3 Å². The van der Waals surface area contributed by atoms with E-state index in [1.54, 1.807) is 13.0 Å². The van der Waals surface area contributed by atoms with Gasteiger partial charge in [0.05, 0.1) is 10.8 Å². The summed E-state index contributed by atoms with van der Waals surface area (Å²) in [6.07, 6.45) is 0. The van der Waals surface area contributed by atoms with Gasteiger partial charge in [-0.1, -0.05) is 11.8 Å². The zero-order chi connectivity index (χ0) is 16.3. The highest BCUT2D eigenvalue weighted by Gasteiger charge is 2.20. The lowest BCUT2D eigenvalue weighted by Gasteiger charge is -2.14. The van der Waals surface area contributed by atoms with Crippen molar-refractivity contribution >= 4 is 45.3 Å². The van der Waals surface area contributed by atoms with Gasteiger partial charge >= 0.3 is 6.03 Å². The van der Waals surface area contributed by atoms with Crippen LogP contribution in [0.3, 0.4) is 0 Å². The minimum Gasteiger partial charge on any atom is -0.341 e. The van der Waals surface area contributed by atoms with Crippen molar-refractivity contribution in [1.82, 2.24) is 20.2 Å². The fraction of sp³-hybridized carbons (Fsp3) is 0.385. The molecule has 0 aliphatic carbocycles. The van der Waals surface area contributed by atoms with E-state index in [0.29, 0.717) is 21.9 Å². The summed E-state index contributed by atoms with van der Waals surface area (Å²) in [6, 6.07) is 1.22. The van der Waals surface area contributed by atoms with E-state index in [9.17, 15) is 14.4 Å². The van der Waals surface area contributed by atoms with Crippen LogP contribution in [0.2, 0.25) is 0 Å². The van der Waals surface area contributed by atoms with Gasteiger partial charge in [0.15, 0.2) is 5.16 Å². The maximum atomic E-state index is 12.4. The molecule has 0 saturated heterocycles. The number of urea groups is 1. The summed E-state index contributed by atoms with van der Waals surface area (Å²) in [4.78, 5) is 39.9. The number of amides is 3. The van der Waals surface area contributed by atoms with Crippen LogP contribution in [-0.4, -0.2) is 33.8 Å². The van der Waals surface area contributed by atoms with E-state index >= 15 is 0 Å². The number of aromatic nitrogens is 2. The Labute approximate surface area is 135 Å². The van der Waals surface area contributed by atoms with Crippen LogP contribution in [0.25, 0.3) is 10.2 Å². The van der Waals surface area contributed by atoms with E-state index in [4.69, 9.17) is 0 Å². The SMILES string of the molecule is CCn1c(S[C@H](C)C(=O)NC(=O)NC)nc2ccsc2c1=O. The van der Waals surface area contributed by atoms with Crippen LogP contribution in [0.15, 0.2) is 21.4 Å². The number of thioether (sulfide) groups is 1. The second-order valence-electron chi connectivity index (χ2n) is 4.41. The number of nitrogens with one attached hydrogen (secondary N) is 2. The zero-order valence-corrected chi connectivity index (χ0v) is 14.0. The first kappa shape index (κ1) is 16.5. The fourth-order valence-corrected chi connectivity index (χ4v) is 3.53. The predicted octanol–water partition coefficient (Wildman–Crippen LogP) is 1.41. The average Bonchev–Trinajstić information content (AvgIpc) is 2.95. The van der Waals surface area contributed by atoms with Crippen molar-refractivity contribution < 1.29 is 9.59 Å². The molecule has 2 rings (SSSR count). The van der Waals surface area contributed by atoms with Crippen molar-refractivity contribution in [3.05, 3.63) is 21.8 Å². The second-order valence-corrected chi connectivity index (χ2v) is 6.63. The molecule has 2 heterocycles. The Morgan fingerprint density at radius 2 is 2.23 bits per heavy atom. The van der Waals surface area contributed by atoms with Gasteiger partial charge < -0.3 is 5.32 Å². The topological polar surface area (TPSA) is 93.1 Å². The molecule has 0 aromatic carbocycles. The Bertz CT molecular complexity index is 768. The lowest BCUT2D eigenvalue weighted by atomic mass is 10.4. The number of fused-ring (bicyclic) bond motifs is 1. The number of hydrogen-bond acceptors (Lipinski definition) is 6. The van der Waals surface area contributed by atoms with Crippen LogP contribution in [0.1, 0.15) is 13.8 Å². The number of rotatable bonds is 4. The smallest absolute Gasteiger partial charge is 0.321 e. The van der Waals surface area contributed by atoms with Gasteiger partial charge in [-0.3, -0.25) is 19.5 Å². The number of nitrogens with zero attached hydrogens (tertiary/aromatic N) is 2. The van der Waals surface area contributed by atoms with Gasteiger partial charge in [0.25, 0.3) is 5.56 Å². The van der Waals surface area contributed by atoms with E-state index < -0.39 is 17.2 Å². The minimum atomic E-state index is -0.563. The van der Waals surface area contributed by atoms with Gasteiger partial charge in [-0.2, -0.15) is 0 Å². The van der Waals surface area contributed by atoms with Crippen LogP contribution in [0, 0.1) is 0 Å². The Kier molecular flexibility index (Phi) is 5.19. The molecule has 0 bridgehead atoms. The van der Waals surface area contributed by atoms with Crippen molar-refractivity contribution in [3.63, 3.8) is 0 Å². The van der Waals surface area contributed by atoms with Crippen molar-refractivity contribution in [1.29, 1.82) is 0 Å². The normalized spacial score (nSPS) is 12.1. The van der Waals surface area contributed by atoms with E-state index in [2.05, 4.69) is 15.6 Å².